The Bertz CT molecular complexity index is 1660. The van der Waals surface area contributed by atoms with Crippen LogP contribution in [0, 0.1) is 0 Å². The normalized spacial score (nSPS) is 14.9. The minimum Gasteiger partial charge on any atom is -0.493 e. The topological polar surface area (TPSA) is 131 Å². The summed E-state index contributed by atoms with van der Waals surface area (Å²) in [5, 5.41) is 2.20. The predicted molar refractivity (Wildman–Crippen MR) is 166 cm³/mol. The number of hydrogen-bond donors (Lipinski definition) is 2. The highest BCUT2D eigenvalue weighted by Gasteiger charge is 2.31. The van der Waals surface area contributed by atoms with Crippen LogP contribution in [0.4, 0.5) is 11.4 Å². The molecular weight excluding hydrogens is 622 g/mol. The lowest BCUT2D eigenvalue weighted by Crippen LogP contribution is -2.44. The third-order valence-electron chi connectivity index (χ3n) is 6.50. The van der Waals surface area contributed by atoms with Crippen molar-refractivity contribution >= 4 is 60.5 Å². The second-order valence-electron chi connectivity index (χ2n) is 9.11. The molecule has 0 aromatic heterocycles. The molecule has 1 heterocycles. The maximum absolute atomic E-state index is 13.4. The summed E-state index contributed by atoms with van der Waals surface area (Å²) in [5.41, 5.74) is 0.175. The van der Waals surface area contributed by atoms with Crippen molar-refractivity contribution in [1.29, 1.82) is 0 Å². The van der Waals surface area contributed by atoms with Gasteiger partial charge in [-0.1, -0.05) is 17.7 Å². The average Bonchev–Trinajstić information content (AvgIpc) is 2.98. The Labute approximate surface area is 255 Å². The maximum Gasteiger partial charge on any atom is 0.261 e. The summed E-state index contributed by atoms with van der Waals surface area (Å²) in [7, 11) is -5.10. The van der Waals surface area contributed by atoms with Crippen molar-refractivity contribution in [1.82, 2.24) is 4.90 Å². The summed E-state index contributed by atoms with van der Waals surface area (Å²) in [6, 6.07) is 14.0. The molecule has 42 heavy (non-hydrogen) atoms. The molecule has 3 aromatic rings. The van der Waals surface area contributed by atoms with E-state index < -0.39 is 31.1 Å². The van der Waals surface area contributed by atoms with Gasteiger partial charge < -0.3 is 14.8 Å². The fourth-order valence-corrected chi connectivity index (χ4v) is 8.12. The Morgan fingerprint density at radius 3 is 2.10 bits per heavy atom. The maximum atomic E-state index is 13.4. The second-order valence-corrected chi connectivity index (χ2v) is 14.5. The number of hydrogen-bond acceptors (Lipinski definition) is 9. The van der Waals surface area contributed by atoms with Crippen molar-refractivity contribution in [3.63, 3.8) is 0 Å². The van der Waals surface area contributed by atoms with Gasteiger partial charge in [-0.05, 0) is 54.6 Å². The minimum absolute atomic E-state index is 0.0587. The second kappa shape index (κ2) is 13.4. The molecule has 224 valence electrons. The highest BCUT2D eigenvalue weighted by molar-refractivity contribution is 7.99. The number of anilines is 2. The zero-order valence-electron chi connectivity index (χ0n) is 22.9. The van der Waals surface area contributed by atoms with E-state index in [1.807, 2.05) is 4.90 Å². The SMILES string of the molecule is C=CC(N1CCSCC1)S(=O)(=O)c1ccc(NC(=O)c2cc(OC)c(OC)cc2NS(=O)(=O)c2ccc(Cl)cc2)cc1. The number of amides is 1. The number of sulfonamides is 1. The molecule has 1 unspecified atom stereocenters. The van der Waals surface area contributed by atoms with Crippen molar-refractivity contribution < 1.29 is 31.1 Å². The van der Waals surface area contributed by atoms with Crippen molar-refractivity contribution in [3.8, 4) is 11.5 Å². The lowest BCUT2D eigenvalue weighted by molar-refractivity contribution is 0.102. The fraction of sp³-hybridized carbons (Fsp3) is 0.250. The molecule has 3 aromatic carbocycles. The van der Waals surface area contributed by atoms with Gasteiger partial charge in [0.25, 0.3) is 15.9 Å². The monoisotopic (exact) mass is 651 g/mol. The molecule has 1 aliphatic rings. The van der Waals surface area contributed by atoms with Crippen LogP contribution < -0.4 is 19.5 Å². The molecule has 0 aliphatic carbocycles. The molecule has 0 spiro atoms. The standard InChI is InChI=1S/C28H30ClN3O7S3/c1-4-27(32-13-15-40-16-14-32)41(34,35)21-11-7-20(8-12-21)30-28(33)23-17-25(38-2)26(39-3)18-24(23)31-42(36,37)22-9-5-19(29)6-10-22/h4-12,17-18,27,31H,1,13-16H2,2-3H3,(H,30,33). The molecule has 1 amide bonds. The highest BCUT2D eigenvalue weighted by Crippen LogP contribution is 2.35. The summed E-state index contributed by atoms with van der Waals surface area (Å²) in [4.78, 5) is 15.3. The average molecular weight is 652 g/mol. The number of rotatable bonds is 11. The van der Waals surface area contributed by atoms with Crippen LogP contribution in [0.25, 0.3) is 0 Å². The molecule has 2 N–H and O–H groups in total. The number of nitrogens with zero attached hydrogens (tertiary/aromatic N) is 1. The number of nitrogens with one attached hydrogen (secondary N) is 2. The number of benzene rings is 3. The van der Waals surface area contributed by atoms with Crippen molar-refractivity contribution in [2.75, 3.05) is 48.9 Å². The van der Waals surface area contributed by atoms with E-state index in [9.17, 15) is 21.6 Å². The molecular formula is C28H30ClN3O7S3. The molecule has 1 fully saturated rings. The summed E-state index contributed by atoms with van der Waals surface area (Å²) in [6.45, 7) is 5.03. The Balaban J connectivity index is 1.61. The number of halogens is 1. The number of ether oxygens (including phenoxy) is 2. The van der Waals surface area contributed by atoms with Crippen molar-refractivity contribution in [2.24, 2.45) is 0 Å². The van der Waals surface area contributed by atoms with E-state index in [-0.39, 0.29) is 32.5 Å². The zero-order chi connectivity index (χ0) is 30.5. The summed E-state index contributed by atoms with van der Waals surface area (Å²) in [5.74, 6) is 1.42. The van der Waals surface area contributed by atoms with Crippen LogP contribution >= 0.6 is 23.4 Å². The van der Waals surface area contributed by atoms with Crippen LogP contribution in [-0.2, 0) is 19.9 Å². The fourth-order valence-electron chi connectivity index (χ4n) is 4.34. The van der Waals surface area contributed by atoms with Crippen LogP contribution in [0.3, 0.4) is 0 Å². The first-order valence-electron chi connectivity index (χ1n) is 12.6. The van der Waals surface area contributed by atoms with Crippen LogP contribution in [0.1, 0.15) is 10.4 Å². The van der Waals surface area contributed by atoms with E-state index >= 15 is 0 Å². The van der Waals surface area contributed by atoms with Gasteiger partial charge in [0, 0.05) is 41.4 Å². The van der Waals surface area contributed by atoms with Crippen LogP contribution in [0.15, 0.2) is 83.1 Å². The summed E-state index contributed by atoms with van der Waals surface area (Å²) in [6.07, 6.45) is 1.44. The molecule has 1 atom stereocenters. The zero-order valence-corrected chi connectivity index (χ0v) is 26.1. The summed E-state index contributed by atoms with van der Waals surface area (Å²) >= 11 is 7.67. The molecule has 10 nitrogen and oxygen atoms in total. The first-order chi connectivity index (χ1) is 20.0. The van der Waals surface area contributed by atoms with E-state index in [1.165, 1.54) is 81.0 Å². The minimum atomic E-state index is -4.11. The molecule has 1 saturated heterocycles. The number of carbonyl (C=O) groups is 1. The third kappa shape index (κ3) is 7.04. The first-order valence-corrected chi connectivity index (χ1v) is 17.2. The van der Waals surface area contributed by atoms with Gasteiger partial charge in [-0.15, -0.1) is 6.58 Å². The van der Waals surface area contributed by atoms with E-state index in [0.29, 0.717) is 23.8 Å². The molecule has 1 aliphatic heterocycles. The molecule has 0 saturated carbocycles. The Morgan fingerprint density at radius 1 is 0.952 bits per heavy atom. The Morgan fingerprint density at radius 2 is 1.52 bits per heavy atom. The van der Waals surface area contributed by atoms with Gasteiger partial charge in [0.05, 0.1) is 35.3 Å². The van der Waals surface area contributed by atoms with Gasteiger partial charge in [0.2, 0.25) is 0 Å². The smallest absolute Gasteiger partial charge is 0.261 e. The van der Waals surface area contributed by atoms with Gasteiger partial charge in [-0.3, -0.25) is 14.4 Å². The van der Waals surface area contributed by atoms with E-state index in [0.717, 1.165) is 11.5 Å². The quantitative estimate of drug-likeness (QED) is 0.282. The van der Waals surface area contributed by atoms with E-state index in [4.69, 9.17) is 21.1 Å². The Kier molecular flexibility index (Phi) is 10.1. The largest absolute Gasteiger partial charge is 0.493 e. The first kappa shape index (κ1) is 31.7. The predicted octanol–water partition coefficient (Wildman–Crippen LogP) is 4.74. The van der Waals surface area contributed by atoms with Crippen molar-refractivity contribution in [2.45, 2.75) is 15.2 Å². The lowest BCUT2D eigenvalue weighted by Gasteiger charge is -2.32. The van der Waals surface area contributed by atoms with Gasteiger partial charge >= 0.3 is 0 Å². The van der Waals surface area contributed by atoms with Gasteiger partial charge in [0.15, 0.2) is 21.3 Å². The molecule has 4 rings (SSSR count). The number of thioether (sulfide) groups is 1. The molecule has 14 heteroatoms. The number of methoxy groups -OCH3 is 2. The van der Waals surface area contributed by atoms with Crippen molar-refractivity contribution in [3.05, 3.63) is 83.9 Å². The van der Waals surface area contributed by atoms with Crippen LogP contribution in [0.2, 0.25) is 5.02 Å². The van der Waals surface area contributed by atoms with Crippen LogP contribution in [-0.4, -0.2) is 71.8 Å². The third-order valence-corrected chi connectivity index (χ3v) is 11.1. The molecule has 0 bridgehead atoms. The van der Waals surface area contributed by atoms with Gasteiger partial charge in [-0.25, -0.2) is 16.8 Å². The van der Waals surface area contributed by atoms with E-state index in [2.05, 4.69) is 16.6 Å². The summed E-state index contributed by atoms with van der Waals surface area (Å²) < 4.78 is 66.0. The highest BCUT2D eigenvalue weighted by atomic mass is 35.5. The van der Waals surface area contributed by atoms with Gasteiger partial charge in [-0.2, -0.15) is 11.8 Å². The molecule has 0 radical (unpaired) electrons. The number of sulfone groups is 1. The van der Waals surface area contributed by atoms with Gasteiger partial charge in [0.1, 0.15) is 5.37 Å². The lowest BCUT2D eigenvalue weighted by atomic mass is 10.1. The van der Waals surface area contributed by atoms with E-state index in [1.54, 1.807) is 11.8 Å². The Hall–Kier alpha value is -3.23. The van der Waals surface area contributed by atoms with Crippen LogP contribution in [0.5, 0.6) is 11.5 Å². The number of carbonyl (C=O) groups excluding carboxylic acids is 1.